The van der Waals surface area contributed by atoms with Gasteiger partial charge in [0.15, 0.2) is 0 Å². The molecule has 2 N–H and O–H groups in total. The maximum Gasteiger partial charge on any atom is 0.325 e. The van der Waals surface area contributed by atoms with E-state index in [4.69, 9.17) is 0 Å². The average Bonchev–Trinajstić information content (AvgIpc) is 3.00. The number of hydrogen-bond acceptors (Lipinski definition) is 4. The van der Waals surface area contributed by atoms with Crippen molar-refractivity contribution >= 4 is 17.8 Å². The Bertz CT molecular complexity index is 444. The summed E-state index contributed by atoms with van der Waals surface area (Å²) in [6.45, 7) is 5.43. The van der Waals surface area contributed by atoms with Crippen LogP contribution in [0.1, 0.15) is 33.1 Å². The van der Waals surface area contributed by atoms with E-state index in [-0.39, 0.29) is 30.4 Å². The summed E-state index contributed by atoms with van der Waals surface area (Å²) in [7, 11) is 1.82. The van der Waals surface area contributed by atoms with E-state index in [0.29, 0.717) is 12.8 Å². The number of carbonyl (C=O) groups excluding carboxylic acids is 3. The van der Waals surface area contributed by atoms with E-state index in [1.165, 1.54) is 4.90 Å². The van der Waals surface area contributed by atoms with Crippen molar-refractivity contribution in [3.05, 3.63) is 0 Å². The lowest BCUT2D eigenvalue weighted by Crippen LogP contribution is -2.40. The molecule has 1 unspecified atom stereocenters. The molecular weight excluding hydrogens is 272 g/mol. The minimum Gasteiger partial charge on any atom is -0.341 e. The van der Waals surface area contributed by atoms with Gasteiger partial charge in [-0.15, -0.1) is 0 Å². The molecule has 0 radical (unpaired) electrons. The van der Waals surface area contributed by atoms with E-state index in [1.807, 2.05) is 7.05 Å². The molecule has 7 heteroatoms. The van der Waals surface area contributed by atoms with E-state index in [2.05, 4.69) is 10.6 Å². The number of nitrogens with zero attached hydrogens (tertiary/aromatic N) is 2. The molecule has 2 aliphatic heterocycles. The van der Waals surface area contributed by atoms with Crippen molar-refractivity contribution in [1.29, 1.82) is 0 Å². The summed E-state index contributed by atoms with van der Waals surface area (Å²) in [5.41, 5.74) is -0.840. The van der Waals surface area contributed by atoms with Crippen LogP contribution >= 0.6 is 0 Å². The Morgan fingerprint density at radius 3 is 2.67 bits per heavy atom. The summed E-state index contributed by atoms with van der Waals surface area (Å²) < 4.78 is 0. The van der Waals surface area contributed by atoms with Gasteiger partial charge in [-0.2, -0.15) is 0 Å². The van der Waals surface area contributed by atoms with Gasteiger partial charge in [-0.3, -0.25) is 14.5 Å². The molecule has 2 fully saturated rings. The van der Waals surface area contributed by atoms with Gasteiger partial charge in [0.25, 0.3) is 5.91 Å². The number of likely N-dealkylation sites (N-methyl/N-ethyl adjacent to an activating group) is 1. The lowest BCUT2D eigenvalue weighted by atomic mass is 10.1. The van der Waals surface area contributed by atoms with Crippen molar-refractivity contribution in [2.24, 2.45) is 0 Å². The molecule has 1 atom stereocenters. The van der Waals surface area contributed by atoms with Gasteiger partial charge in [0.05, 0.1) is 0 Å². The molecule has 0 aromatic carbocycles. The van der Waals surface area contributed by atoms with E-state index < -0.39 is 5.54 Å². The first-order valence-corrected chi connectivity index (χ1v) is 7.43. The minimum atomic E-state index is -0.840. The zero-order valence-corrected chi connectivity index (χ0v) is 12.9. The molecule has 2 heterocycles. The number of imide groups is 1. The third-order valence-electron chi connectivity index (χ3n) is 4.19. The Labute approximate surface area is 125 Å². The fourth-order valence-corrected chi connectivity index (χ4v) is 2.76. The maximum absolute atomic E-state index is 12.1. The van der Waals surface area contributed by atoms with Gasteiger partial charge < -0.3 is 15.5 Å². The Hall–Kier alpha value is -1.63. The SMILES string of the molecule is CN(C(=O)CCCN1C(=O)NC(C)(C)C1=O)C1CCNC1. The summed E-state index contributed by atoms with van der Waals surface area (Å²) in [5, 5.41) is 5.86. The highest BCUT2D eigenvalue weighted by Crippen LogP contribution is 2.17. The summed E-state index contributed by atoms with van der Waals surface area (Å²) in [4.78, 5) is 38.8. The van der Waals surface area contributed by atoms with E-state index >= 15 is 0 Å². The Morgan fingerprint density at radius 1 is 1.43 bits per heavy atom. The molecule has 2 saturated heterocycles. The molecule has 0 bridgehead atoms. The zero-order valence-electron chi connectivity index (χ0n) is 12.9. The predicted molar refractivity (Wildman–Crippen MR) is 77.6 cm³/mol. The summed E-state index contributed by atoms with van der Waals surface area (Å²) in [5.74, 6) is -0.164. The van der Waals surface area contributed by atoms with E-state index in [1.54, 1.807) is 18.7 Å². The second-order valence-corrected chi connectivity index (χ2v) is 6.27. The number of rotatable bonds is 5. The van der Waals surface area contributed by atoms with Gasteiger partial charge >= 0.3 is 6.03 Å². The fraction of sp³-hybridized carbons (Fsp3) is 0.786. The number of urea groups is 1. The normalized spacial score (nSPS) is 24.3. The van der Waals surface area contributed by atoms with E-state index in [0.717, 1.165) is 19.5 Å². The van der Waals surface area contributed by atoms with Crippen molar-refractivity contribution < 1.29 is 14.4 Å². The molecule has 0 aromatic rings. The van der Waals surface area contributed by atoms with Crippen LogP contribution in [-0.2, 0) is 9.59 Å². The van der Waals surface area contributed by atoms with Gasteiger partial charge in [0.2, 0.25) is 5.91 Å². The summed E-state index contributed by atoms with van der Waals surface area (Å²) in [6.07, 6.45) is 1.83. The van der Waals surface area contributed by atoms with E-state index in [9.17, 15) is 14.4 Å². The molecule has 0 saturated carbocycles. The van der Waals surface area contributed by atoms with Gasteiger partial charge in [-0.25, -0.2) is 4.79 Å². The third-order valence-corrected chi connectivity index (χ3v) is 4.19. The summed E-state index contributed by atoms with van der Waals surface area (Å²) in [6, 6.07) is -0.112. The van der Waals surface area contributed by atoms with Gasteiger partial charge in [0.1, 0.15) is 5.54 Å². The van der Waals surface area contributed by atoms with Crippen molar-refractivity contribution in [2.75, 3.05) is 26.7 Å². The molecule has 7 nitrogen and oxygen atoms in total. The first kappa shape index (κ1) is 15.8. The monoisotopic (exact) mass is 296 g/mol. The van der Waals surface area contributed by atoms with Gasteiger partial charge in [-0.05, 0) is 33.2 Å². The molecule has 0 spiro atoms. The molecule has 0 aliphatic carbocycles. The topological polar surface area (TPSA) is 81.8 Å². The molecule has 0 aromatic heterocycles. The largest absolute Gasteiger partial charge is 0.341 e. The van der Waals surface area contributed by atoms with Crippen molar-refractivity contribution in [3.8, 4) is 0 Å². The second-order valence-electron chi connectivity index (χ2n) is 6.27. The first-order valence-electron chi connectivity index (χ1n) is 7.43. The van der Waals surface area contributed by atoms with Crippen LogP contribution in [0.4, 0.5) is 4.79 Å². The Kier molecular flexibility index (Phi) is 4.51. The van der Waals surface area contributed by atoms with Gasteiger partial charge in [-0.1, -0.05) is 0 Å². The lowest BCUT2D eigenvalue weighted by molar-refractivity contribution is -0.133. The molecule has 2 rings (SSSR count). The zero-order chi connectivity index (χ0) is 15.6. The van der Waals surface area contributed by atoms with Crippen molar-refractivity contribution in [2.45, 2.75) is 44.7 Å². The third kappa shape index (κ3) is 3.34. The second kappa shape index (κ2) is 6.01. The Morgan fingerprint density at radius 2 is 2.14 bits per heavy atom. The maximum atomic E-state index is 12.1. The van der Waals surface area contributed by atoms with Gasteiger partial charge in [0, 0.05) is 32.6 Å². The highest BCUT2D eigenvalue weighted by Gasteiger charge is 2.43. The van der Waals surface area contributed by atoms with Crippen LogP contribution in [0.3, 0.4) is 0 Å². The molecule has 21 heavy (non-hydrogen) atoms. The van der Waals surface area contributed by atoms with Crippen LogP contribution in [0.25, 0.3) is 0 Å². The van der Waals surface area contributed by atoms with Crippen molar-refractivity contribution in [1.82, 2.24) is 20.4 Å². The van der Waals surface area contributed by atoms with Crippen LogP contribution in [-0.4, -0.2) is 65.9 Å². The first-order chi connectivity index (χ1) is 9.83. The number of nitrogens with one attached hydrogen (secondary N) is 2. The predicted octanol–water partition coefficient (Wildman–Crippen LogP) is -0.0827. The molecule has 2 aliphatic rings. The average molecular weight is 296 g/mol. The number of carbonyl (C=O) groups is 3. The fourth-order valence-electron chi connectivity index (χ4n) is 2.76. The van der Waals surface area contributed by atoms with Crippen molar-refractivity contribution in [3.63, 3.8) is 0 Å². The smallest absolute Gasteiger partial charge is 0.325 e. The molecular formula is C14H24N4O3. The number of amides is 4. The quantitative estimate of drug-likeness (QED) is 0.695. The van der Waals surface area contributed by atoms with Crippen LogP contribution in [0.15, 0.2) is 0 Å². The van der Waals surface area contributed by atoms with Crippen LogP contribution in [0.2, 0.25) is 0 Å². The Balaban J connectivity index is 1.77. The highest BCUT2D eigenvalue weighted by molar-refractivity contribution is 6.06. The number of hydrogen-bond donors (Lipinski definition) is 2. The van der Waals surface area contributed by atoms with Crippen LogP contribution in [0, 0.1) is 0 Å². The molecule has 4 amide bonds. The summed E-state index contributed by atoms with van der Waals surface area (Å²) >= 11 is 0. The van der Waals surface area contributed by atoms with Crippen LogP contribution < -0.4 is 10.6 Å². The standard InChI is InChI=1S/C14H24N4O3/c1-14(2)12(20)18(13(21)16-14)8-4-5-11(19)17(3)10-6-7-15-9-10/h10,15H,4-9H2,1-3H3,(H,16,21). The minimum absolute atomic E-state index is 0.0648. The lowest BCUT2D eigenvalue weighted by Gasteiger charge is -2.24. The highest BCUT2D eigenvalue weighted by atomic mass is 16.2. The van der Waals surface area contributed by atoms with Crippen LogP contribution in [0.5, 0.6) is 0 Å². The molecule has 118 valence electrons.